The second-order valence-corrected chi connectivity index (χ2v) is 7.07. The van der Waals surface area contributed by atoms with Crippen LogP contribution in [0.5, 0.6) is 0 Å². The van der Waals surface area contributed by atoms with Crippen LogP contribution in [0.15, 0.2) is 45.8 Å². The van der Waals surface area contributed by atoms with Gasteiger partial charge in [0.1, 0.15) is 11.8 Å². The number of H-pyrrole nitrogens is 2. The van der Waals surface area contributed by atoms with Gasteiger partial charge in [-0.3, -0.25) is 9.78 Å². The highest BCUT2D eigenvalue weighted by atomic mass is 35.5. The van der Waals surface area contributed by atoms with Crippen molar-refractivity contribution >= 4 is 40.2 Å². The fourth-order valence-corrected chi connectivity index (χ4v) is 3.60. The predicted octanol–water partition coefficient (Wildman–Crippen LogP) is 5.36. The van der Waals surface area contributed by atoms with Crippen molar-refractivity contribution in [3.63, 3.8) is 0 Å². The van der Waals surface area contributed by atoms with Crippen LogP contribution in [-0.4, -0.2) is 26.5 Å². The number of para-hydroxylation sites is 1. The summed E-state index contributed by atoms with van der Waals surface area (Å²) in [6.45, 7) is -0.250. The summed E-state index contributed by atoms with van der Waals surface area (Å²) in [6, 6.07) is 9.32. The molecule has 0 spiro atoms. The summed E-state index contributed by atoms with van der Waals surface area (Å²) in [5, 5.41) is 8.28. The number of nitrogens with zero attached hydrogens (tertiary/aromatic N) is 1. The van der Waals surface area contributed by atoms with Gasteiger partial charge in [0.15, 0.2) is 5.65 Å². The summed E-state index contributed by atoms with van der Waals surface area (Å²) in [5.74, 6) is 0. The van der Waals surface area contributed by atoms with Gasteiger partial charge < -0.3 is 14.5 Å². The molecule has 29 heavy (non-hydrogen) atoms. The Morgan fingerprint density at radius 3 is 2.34 bits per heavy atom. The molecule has 5 rings (SSSR count). The maximum absolute atomic E-state index is 11.3. The maximum atomic E-state index is 11.3. The zero-order chi connectivity index (χ0) is 20.6. The molecule has 3 heterocycles. The fourth-order valence-electron chi connectivity index (χ4n) is 3.35. The van der Waals surface area contributed by atoms with E-state index in [2.05, 4.69) is 15.0 Å². The smallest absolute Gasteiger partial charge is 0.325 e. The summed E-state index contributed by atoms with van der Waals surface area (Å²) in [5.41, 5.74) is 2.89. The van der Waals surface area contributed by atoms with Gasteiger partial charge in [-0.2, -0.15) is 0 Å². The molecule has 1 aliphatic rings. The third-order valence-corrected chi connectivity index (χ3v) is 4.98. The average molecular weight is 416 g/mol. The molecule has 0 radical (unpaired) electrons. The van der Waals surface area contributed by atoms with E-state index < -0.39 is 0 Å². The molecule has 7 nitrogen and oxygen atoms in total. The molecular weight excluding hydrogens is 394 g/mol. The lowest BCUT2D eigenvalue weighted by Crippen LogP contribution is -1.99. The van der Waals surface area contributed by atoms with E-state index in [4.69, 9.17) is 25.9 Å². The topological polar surface area (TPSA) is 112 Å². The van der Waals surface area contributed by atoms with E-state index in [0.717, 1.165) is 16.5 Å². The summed E-state index contributed by atoms with van der Waals surface area (Å²) < 4.78 is 5.50. The Morgan fingerprint density at radius 1 is 1.07 bits per heavy atom. The van der Waals surface area contributed by atoms with Crippen molar-refractivity contribution in [2.24, 2.45) is 0 Å². The van der Waals surface area contributed by atoms with Crippen molar-refractivity contribution in [1.29, 1.82) is 0 Å². The Hall–Kier alpha value is -3.06. The molecule has 1 fully saturated rings. The number of benzene rings is 1. The maximum Gasteiger partial charge on any atom is 0.325 e. The van der Waals surface area contributed by atoms with E-state index in [1.54, 1.807) is 12.3 Å². The molecule has 0 amide bonds. The third kappa shape index (κ3) is 5.06. The second-order valence-electron chi connectivity index (χ2n) is 6.67. The van der Waals surface area contributed by atoms with Crippen molar-refractivity contribution in [2.75, 3.05) is 0 Å². The first-order valence-corrected chi connectivity index (χ1v) is 9.85. The zero-order valence-corrected chi connectivity index (χ0v) is 16.5. The van der Waals surface area contributed by atoms with Gasteiger partial charge >= 0.3 is 5.69 Å². The molecule has 8 heteroatoms. The molecule has 0 saturated heterocycles. The van der Waals surface area contributed by atoms with Crippen molar-refractivity contribution in [1.82, 2.24) is 15.0 Å². The van der Waals surface area contributed by atoms with Crippen LogP contribution in [-0.2, 0) is 4.79 Å². The number of pyridine rings is 1. The van der Waals surface area contributed by atoms with Crippen LogP contribution in [0.25, 0.3) is 33.4 Å². The summed E-state index contributed by atoms with van der Waals surface area (Å²) in [6.07, 6.45) is 10.6. The Kier molecular flexibility index (Phi) is 7.08. The Bertz CT molecular complexity index is 1130. The number of nitrogens with one attached hydrogen (secondary N) is 2. The average Bonchev–Trinajstić information content (AvgIpc) is 3.32. The number of aromatic nitrogens is 3. The number of hydrogen-bond donors (Lipinski definition) is 3. The van der Waals surface area contributed by atoms with Gasteiger partial charge in [0.05, 0.1) is 16.2 Å². The molecule has 3 aromatic heterocycles. The van der Waals surface area contributed by atoms with Gasteiger partial charge in [-0.15, -0.1) is 0 Å². The number of fused-ring (bicyclic) bond motifs is 2. The van der Waals surface area contributed by atoms with Crippen LogP contribution in [0.2, 0.25) is 5.02 Å². The minimum absolute atomic E-state index is 0.250. The number of aromatic amines is 2. The van der Waals surface area contributed by atoms with Crippen molar-refractivity contribution in [2.45, 2.75) is 38.5 Å². The Balaban J connectivity index is 0.000000224. The molecule has 1 saturated carbocycles. The van der Waals surface area contributed by atoms with Crippen molar-refractivity contribution in [3.05, 3.63) is 52.1 Å². The monoisotopic (exact) mass is 415 g/mol. The van der Waals surface area contributed by atoms with Gasteiger partial charge in [0.25, 0.3) is 6.47 Å². The summed E-state index contributed by atoms with van der Waals surface area (Å²) in [7, 11) is 0. The first kappa shape index (κ1) is 20.7. The second kappa shape index (κ2) is 9.93. The van der Waals surface area contributed by atoms with E-state index in [1.165, 1.54) is 38.5 Å². The van der Waals surface area contributed by atoms with Gasteiger partial charge in [0.2, 0.25) is 0 Å². The van der Waals surface area contributed by atoms with Crippen LogP contribution in [0.3, 0.4) is 0 Å². The third-order valence-electron chi connectivity index (χ3n) is 4.69. The first-order valence-electron chi connectivity index (χ1n) is 9.47. The van der Waals surface area contributed by atoms with E-state index in [-0.39, 0.29) is 12.2 Å². The standard InChI is InChI=1S/C14H8ClN3O2.C6H12.CH2O2/c15-9-5-10-13(18-14(19)16-10)17-12(9)8-6-20-11-4-2-1-3-7(8)11;1-2-4-6-5-3-1;2-1-3/h1-6H,(H2,16,17,18,19);1-6H2;1H,(H,2,3). The zero-order valence-electron chi connectivity index (χ0n) is 15.8. The number of imidazole rings is 1. The van der Waals surface area contributed by atoms with Crippen molar-refractivity contribution < 1.29 is 14.3 Å². The number of carboxylic acid groups (broad SMARTS) is 1. The molecule has 3 N–H and O–H groups in total. The lowest BCUT2D eigenvalue weighted by molar-refractivity contribution is -0.122. The highest BCUT2D eigenvalue weighted by Crippen LogP contribution is 2.34. The van der Waals surface area contributed by atoms with Gasteiger partial charge in [0, 0.05) is 10.9 Å². The van der Waals surface area contributed by atoms with Crippen LogP contribution < -0.4 is 5.69 Å². The molecular formula is C21H22ClN3O4. The van der Waals surface area contributed by atoms with Crippen LogP contribution >= 0.6 is 11.6 Å². The summed E-state index contributed by atoms with van der Waals surface area (Å²) in [4.78, 5) is 29.3. The number of carbonyl (C=O) groups is 1. The number of halogens is 1. The molecule has 1 aliphatic carbocycles. The number of hydrogen-bond acceptors (Lipinski definition) is 4. The molecule has 0 atom stereocenters. The quantitative estimate of drug-likeness (QED) is 0.362. The predicted molar refractivity (Wildman–Crippen MR) is 113 cm³/mol. The number of rotatable bonds is 1. The highest BCUT2D eigenvalue weighted by molar-refractivity contribution is 6.34. The van der Waals surface area contributed by atoms with E-state index in [0.29, 0.717) is 21.9 Å². The minimum Gasteiger partial charge on any atom is -0.483 e. The molecule has 0 unspecified atom stereocenters. The van der Waals surface area contributed by atoms with Crippen molar-refractivity contribution in [3.8, 4) is 11.3 Å². The van der Waals surface area contributed by atoms with E-state index >= 15 is 0 Å². The lowest BCUT2D eigenvalue weighted by Gasteiger charge is -2.05. The fraction of sp³-hybridized carbons (Fsp3) is 0.286. The molecule has 0 aliphatic heterocycles. The van der Waals surface area contributed by atoms with Crippen LogP contribution in [0.1, 0.15) is 38.5 Å². The van der Waals surface area contributed by atoms with Gasteiger partial charge in [-0.25, -0.2) is 9.78 Å². The van der Waals surface area contributed by atoms with Gasteiger partial charge in [-0.1, -0.05) is 68.3 Å². The highest BCUT2D eigenvalue weighted by Gasteiger charge is 2.14. The van der Waals surface area contributed by atoms with E-state index in [1.807, 2.05) is 24.3 Å². The minimum atomic E-state index is -0.308. The molecule has 1 aromatic carbocycles. The van der Waals surface area contributed by atoms with Gasteiger partial charge in [-0.05, 0) is 12.1 Å². The molecule has 152 valence electrons. The lowest BCUT2D eigenvalue weighted by atomic mass is 10.0. The van der Waals surface area contributed by atoms with E-state index in [9.17, 15) is 4.79 Å². The number of furan rings is 1. The Morgan fingerprint density at radius 2 is 1.69 bits per heavy atom. The summed E-state index contributed by atoms with van der Waals surface area (Å²) >= 11 is 6.26. The first-order chi connectivity index (χ1) is 14.1. The molecule has 0 bridgehead atoms. The SMILES string of the molecule is C1CCCCC1.O=CO.O=c1[nH]c2cc(Cl)c(-c3coc4ccccc34)nc2[nH]1. The largest absolute Gasteiger partial charge is 0.483 e. The van der Waals surface area contributed by atoms with Crippen LogP contribution in [0, 0.1) is 0 Å². The normalized spacial score (nSPS) is 13.3. The molecule has 4 aromatic rings. The Labute approximate surface area is 171 Å². The van der Waals surface area contributed by atoms with Crippen LogP contribution in [0.4, 0.5) is 0 Å².